The van der Waals surface area contributed by atoms with Crippen LogP contribution in [0.2, 0.25) is 0 Å². The van der Waals surface area contributed by atoms with E-state index in [1.54, 1.807) is 0 Å². The third-order valence-corrected chi connectivity index (χ3v) is 3.84. The fraction of sp³-hybridized carbons (Fsp3) is 0.714. The molecule has 1 saturated heterocycles. The molecule has 1 rings (SSSR count). The molecule has 0 unspecified atom stereocenters. The van der Waals surface area contributed by atoms with E-state index in [9.17, 15) is 10.2 Å². The van der Waals surface area contributed by atoms with Crippen LogP contribution in [0.25, 0.3) is 0 Å². The minimum Gasteiger partial charge on any atom is -0.364 e. The van der Waals surface area contributed by atoms with Crippen LogP contribution < -0.4 is 0 Å². The Kier molecular flexibility index (Phi) is 3.30. The van der Waals surface area contributed by atoms with Crippen molar-refractivity contribution in [3.63, 3.8) is 0 Å². The molecule has 0 saturated carbocycles. The van der Waals surface area contributed by atoms with Gasteiger partial charge in [-0.05, 0) is 0 Å². The first-order valence-corrected chi connectivity index (χ1v) is 5.68. The lowest BCUT2D eigenvalue weighted by Gasteiger charge is -2.23. The zero-order valence-corrected chi connectivity index (χ0v) is 7.88. The summed E-state index contributed by atoms with van der Waals surface area (Å²) in [6.45, 7) is 3.86. The fourth-order valence-corrected chi connectivity index (χ4v) is 2.90. The van der Waals surface area contributed by atoms with Crippen LogP contribution in [-0.4, -0.2) is 39.0 Å². The molecule has 1 aliphatic heterocycles. The Hall–Kier alpha value is 0.360. The van der Waals surface area contributed by atoms with E-state index >= 15 is 0 Å². The van der Waals surface area contributed by atoms with Crippen LogP contribution in [0.1, 0.15) is 0 Å². The van der Waals surface area contributed by atoms with Gasteiger partial charge in [-0.2, -0.15) is 23.5 Å². The van der Waals surface area contributed by atoms with Gasteiger partial charge < -0.3 is 10.2 Å². The van der Waals surface area contributed by atoms with Crippen LogP contribution in [0.3, 0.4) is 0 Å². The van der Waals surface area contributed by atoms with Crippen LogP contribution in [0.4, 0.5) is 0 Å². The topological polar surface area (TPSA) is 40.5 Å². The first kappa shape index (κ1) is 9.45. The van der Waals surface area contributed by atoms with E-state index in [0.29, 0.717) is 11.5 Å². The standard InChI is InChI=1S/C7H12O2S2/c1-6-2-10-4-7(8,9)5-11-3-6/h8-9H,1-5H2. The molecule has 0 aromatic rings. The van der Waals surface area contributed by atoms with Crippen LogP contribution in [0.5, 0.6) is 0 Å². The van der Waals surface area contributed by atoms with Gasteiger partial charge in [0.1, 0.15) is 0 Å². The molecule has 0 spiro atoms. The summed E-state index contributed by atoms with van der Waals surface area (Å²) in [6, 6.07) is 0. The lowest BCUT2D eigenvalue weighted by molar-refractivity contribution is -0.118. The smallest absolute Gasteiger partial charge is 0.181 e. The van der Waals surface area contributed by atoms with Gasteiger partial charge in [-0.3, -0.25) is 0 Å². The van der Waals surface area contributed by atoms with Crippen molar-refractivity contribution in [1.29, 1.82) is 0 Å². The molecular weight excluding hydrogens is 180 g/mol. The maximum Gasteiger partial charge on any atom is 0.181 e. The van der Waals surface area contributed by atoms with E-state index in [-0.39, 0.29) is 0 Å². The van der Waals surface area contributed by atoms with Crippen molar-refractivity contribution in [3.8, 4) is 0 Å². The average Bonchev–Trinajstić information content (AvgIpc) is 1.83. The molecule has 0 bridgehead atoms. The van der Waals surface area contributed by atoms with E-state index in [1.807, 2.05) is 0 Å². The summed E-state index contributed by atoms with van der Waals surface area (Å²) in [5.74, 6) is 0.986. The summed E-state index contributed by atoms with van der Waals surface area (Å²) in [7, 11) is 0. The summed E-state index contributed by atoms with van der Waals surface area (Å²) >= 11 is 3.06. The number of aliphatic hydroxyl groups is 2. The van der Waals surface area contributed by atoms with Crippen molar-refractivity contribution in [1.82, 2.24) is 0 Å². The Bertz CT molecular complexity index is 143. The Balaban J connectivity index is 2.41. The number of thioether (sulfide) groups is 2. The molecular formula is C7H12O2S2. The SMILES string of the molecule is C=C1CSCC(O)(O)CSC1. The zero-order valence-electron chi connectivity index (χ0n) is 6.25. The van der Waals surface area contributed by atoms with E-state index in [4.69, 9.17) is 0 Å². The summed E-state index contributed by atoms with van der Waals surface area (Å²) in [6.07, 6.45) is 0. The maximum atomic E-state index is 9.25. The van der Waals surface area contributed by atoms with E-state index in [0.717, 1.165) is 11.5 Å². The monoisotopic (exact) mass is 192 g/mol. The predicted molar refractivity (Wildman–Crippen MR) is 51.0 cm³/mol. The van der Waals surface area contributed by atoms with Crippen molar-refractivity contribution < 1.29 is 10.2 Å². The lowest BCUT2D eigenvalue weighted by Crippen LogP contribution is -2.35. The van der Waals surface area contributed by atoms with Crippen molar-refractivity contribution in [3.05, 3.63) is 12.2 Å². The highest BCUT2D eigenvalue weighted by atomic mass is 32.2. The van der Waals surface area contributed by atoms with Crippen LogP contribution in [-0.2, 0) is 0 Å². The molecule has 1 heterocycles. The second-order valence-electron chi connectivity index (χ2n) is 2.72. The predicted octanol–water partition coefficient (Wildman–Crippen LogP) is 0.704. The maximum absolute atomic E-state index is 9.25. The molecule has 0 amide bonds. The summed E-state index contributed by atoms with van der Waals surface area (Å²) in [4.78, 5) is 0. The van der Waals surface area contributed by atoms with Gasteiger partial charge in [-0.25, -0.2) is 0 Å². The summed E-state index contributed by atoms with van der Waals surface area (Å²) in [5.41, 5.74) is 1.18. The minimum absolute atomic E-state index is 0.388. The second kappa shape index (κ2) is 3.85. The molecule has 4 heteroatoms. The molecule has 2 nitrogen and oxygen atoms in total. The normalized spacial score (nSPS) is 25.8. The Morgan fingerprint density at radius 3 is 2.09 bits per heavy atom. The first-order chi connectivity index (χ1) is 5.10. The van der Waals surface area contributed by atoms with Gasteiger partial charge in [-0.15, -0.1) is 0 Å². The molecule has 2 N–H and O–H groups in total. The third kappa shape index (κ3) is 3.51. The molecule has 1 aliphatic rings. The highest BCUT2D eigenvalue weighted by Crippen LogP contribution is 2.23. The van der Waals surface area contributed by atoms with Crippen molar-refractivity contribution >= 4 is 23.5 Å². The largest absolute Gasteiger partial charge is 0.364 e. The number of rotatable bonds is 0. The van der Waals surface area contributed by atoms with Gasteiger partial charge in [0, 0.05) is 23.0 Å². The van der Waals surface area contributed by atoms with E-state index < -0.39 is 5.79 Å². The highest BCUT2D eigenvalue weighted by Gasteiger charge is 2.24. The number of hydrogen-bond donors (Lipinski definition) is 2. The van der Waals surface area contributed by atoms with Gasteiger partial charge in [0.25, 0.3) is 0 Å². The molecule has 0 aromatic carbocycles. The molecule has 64 valence electrons. The minimum atomic E-state index is -1.48. The first-order valence-electron chi connectivity index (χ1n) is 3.37. The van der Waals surface area contributed by atoms with Crippen molar-refractivity contribution in [2.24, 2.45) is 0 Å². The second-order valence-corrected chi connectivity index (χ2v) is 4.69. The quantitative estimate of drug-likeness (QED) is 0.438. The number of hydrogen-bond acceptors (Lipinski definition) is 4. The van der Waals surface area contributed by atoms with E-state index in [1.165, 1.54) is 29.1 Å². The van der Waals surface area contributed by atoms with Crippen molar-refractivity contribution in [2.75, 3.05) is 23.0 Å². The van der Waals surface area contributed by atoms with E-state index in [2.05, 4.69) is 6.58 Å². The Labute approximate surface area is 75.1 Å². The summed E-state index contributed by atoms with van der Waals surface area (Å²) in [5, 5.41) is 18.5. The third-order valence-electron chi connectivity index (χ3n) is 1.28. The molecule has 0 aliphatic carbocycles. The van der Waals surface area contributed by atoms with Gasteiger partial charge in [0.15, 0.2) is 5.79 Å². The Morgan fingerprint density at radius 1 is 1.18 bits per heavy atom. The van der Waals surface area contributed by atoms with Gasteiger partial charge >= 0.3 is 0 Å². The van der Waals surface area contributed by atoms with Crippen LogP contribution >= 0.6 is 23.5 Å². The van der Waals surface area contributed by atoms with Gasteiger partial charge in [-0.1, -0.05) is 12.2 Å². The molecule has 0 radical (unpaired) electrons. The average molecular weight is 192 g/mol. The van der Waals surface area contributed by atoms with Crippen molar-refractivity contribution in [2.45, 2.75) is 5.79 Å². The summed E-state index contributed by atoms with van der Waals surface area (Å²) < 4.78 is 0. The van der Waals surface area contributed by atoms with Crippen LogP contribution in [0.15, 0.2) is 12.2 Å². The van der Waals surface area contributed by atoms with Crippen LogP contribution in [0, 0.1) is 0 Å². The Morgan fingerprint density at radius 2 is 1.64 bits per heavy atom. The lowest BCUT2D eigenvalue weighted by atomic mass is 10.4. The highest BCUT2D eigenvalue weighted by molar-refractivity contribution is 8.01. The molecule has 1 fully saturated rings. The molecule has 0 atom stereocenters. The zero-order chi connectivity index (χ0) is 8.32. The fourth-order valence-electron chi connectivity index (χ4n) is 0.801. The van der Waals surface area contributed by atoms with Gasteiger partial charge in [0.05, 0.1) is 0 Å². The molecule has 0 aromatic heterocycles. The molecule has 11 heavy (non-hydrogen) atoms. The van der Waals surface area contributed by atoms with Gasteiger partial charge in [0.2, 0.25) is 0 Å².